The number of H-pyrrole nitrogens is 1. The summed E-state index contributed by atoms with van der Waals surface area (Å²) in [6, 6.07) is 11.0. The molecule has 1 aromatic heterocycles. The van der Waals surface area contributed by atoms with Crippen LogP contribution in [0.25, 0.3) is 0 Å². The summed E-state index contributed by atoms with van der Waals surface area (Å²) in [5, 5.41) is 3.01. The van der Waals surface area contributed by atoms with E-state index in [-0.39, 0.29) is 36.1 Å². The number of amides is 2. The van der Waals surface area contributed by atoms with Gasteiger partial charge < -0.3 is 25.5 Å². The van der Waals surface area contributed by atoms with Crippen molar-refractivity contribution < 1.29 is 23.5 Å². The summed E-state index contributed by atoms with van der Waals surface area (Å²) in [6.45, 7) is -0.313. The standard InChI is InChI=1S/C23H21FN4O5S/c1-32-17-8-13(4-7-16(17)33-10-18(25)29)15-9-19(30)26-21-20(15)22(31)28-23(27-21)34-11-12-2-5-14(24)6-3-12/h2-8,15H,9-11H2,1H3,(H2,25,29)(H2,26,27,28,30,31). The van der Waals surface area contributed by atoms with Gasteiger partial charge in [-0.25, -0.2) is 9.37 Å². The number of hydrogen-bond donors (Lipinski definition) is 3. The fourth-order valence-electron chi connectivity index (χ4n) is 3.61. The van der Waals surface area contributed by atoms with Gasteiger partial charge in [-0.15, -0.1) is 0 Å². The third-order valence-electron chi connectivity index (χ3n) is 5.18. The Morgan fingerprint density at radius 2 is 1.97 bits per heavy atom. The second kappa shape index (κ2) is 9.96. The molecule has 0 aliphatic carbocycles. The predicted octanol–water partition coefficient (Wildman–Crippen LogP) is 2.55. The van der Waals surface area contributed by atoms with Gasteiger partial charge in [0.2, 0.25) is 5.91 Å². The number of aromatic nitrogens is 2. The quantitative estimate of drug-likeness (QED) is 0.330. The van der Waals surface area contributed by atoms with Gasteiger partial charge in [-0.2, -0.15) is 0 Å². The third kappa shape index (κ3) is 5.20. The van der Waals surface area contributed by atoms with Crippen LogP contribution in [0.3, 0.4) is 0 Å². The summed E-state index contributed by atoms with van der Waals surface area (Å²) >= 11 is 1.27. The van der Waals surface area contributed by atoms with Crippen LogP contribution in [0.4, 0.5) is 10.2 Å². The Kier molecular flexibility index (Phi) is 6.82. The van der Waals surface area contributed by atoms with Crippen LogP contribution in [0.5, 0.6) is 11.5 Å². The molecule has 4 N–H and O–H groups in total. The van der Waals surface area contributed by atoms with Gasteiger partial charge >= 0.3 is 0 Å². The van der Waals surface area contributed by atoms with E-state index >= 15 is 0 Å². The SMILES string of the molecule is COc1cc(C2CC(=O)Nc3nc(SCc4ccc(F)cc4)[nH]c(=O)c32)ccc1OCC(N)=O. The maximum absolute atomic E-state index is 13.1. The summed E-state index contributed by atoms with van der Waals surface area (Å²) in [6.07, 6.45) is 0.0461. The third-order valence-corrected chi connectivity index (χ3v) is 6.12. The average molecular weight is 485 g/mol. The maximum Gasteiger partial charge on any atom is 0.257 e. The number of primary amides is 1. The Balaban J connectivity index is 1.62. The van der Waals surface area contributed by atoms with Gasteiger partial charge in [0.25, 0.3) is 11.5 Å². The first-order chi connectivity index (χ1) is 16.3. The van der Waals surface area contributed by atoms with E-state index in [0.717, 1.165) is 5.56 Å². The topological polar surface area (TPSA) is 136 Å². The zero-order valence-electron chi connectivity index (χ0n) is 18.1. The minimum atomic E-state index is -0.630. The second-order valence-electron chi connectivity index (χ2n) is 7.52. The molecule has 1 unspecified atom stereocenters. The highest BCUT2D eigenvalue weighted by Crippen LogP contribution is 2.38. The molecule has 2 amide bonds. The molecule has 2 aromatic carbocycles. The molecular formula is C23H21FN4O5S. The van der Waals surface area contributed by atoms with Crippen LogP contribution >= 0.6 is 11.8 Å². The number of nitrogens with one attached hydrogen (secondary N) is 2. The van der Waals surface area contributed by atoms with Crippen molar-refractivity contribution in [3.63, 3.8) is 0 Å². The molecule has 9 nitrogen and oxygen atoms in total. The van der Waals surface area contributed by atoms with Crippen LogP contribution in [-0.2, 0) is 15.3 Å². The summed E-state index contributed by atoms with van der Waals surface area (Å²) in [7, 11) is 1.44. The Bertz CT molecular complexity index is 1300. The average Bonchev–Trinajstić information content (AvgIpc) is 2.81. The molecule has 2 heterocycles. The van der Waals surface area contributed by atoms with Crippen molar-refractivity contribution in [2.45, 2.75) is 23.2 Å². The zero-order valence-corrected chi connectivity index (χ0v) is 18.9. The summed E-state index contributed by atoms with van der Waals surface area (Å²) in [5.74, 6) is -0.495. The lowest BCUT2D eigenvalue weighted by atomic mass is 9.86. The number of rotatable bonds is 8. The monoisotopic (exact) mass is 484 g/mol. The number of carbonyl (C=O) groups is 2. The molecule has 3 aromatic rings. The van der Waals surface area contributed by atoms with E-state index < -0.39 is 11.8 Å². The number of benzene rings is 2. The Labute approximate surface area is 197 Å². The van der Waals surface area contributed by atoms with Crippen molar-refractivity contribution in [3.8, 4) is 11.5 Å². The van der Waals surface area contributed by atoms with E-state index in [9.17, 15) is 18.8 Å². The number of thioether (sulfide) groups is 1. The van der Waals surface area contributed by atoms with Crippen molar-refractivity contribution >= 4 is 29.4 Å². The van der Waals surface area contributed by atoms with E-state index in [1.165, 1.54) is 31.0 Å². The van der Waals surface area contributed by atoms with Crippen LogP contribution in [0.1, 0.15) is 29.0 Å². The summed E-state index contributed by atoms with van der Waals surface area (Å²) in [4.78, 5) is 43.7. The van der Waals surface area contributed by atoms with Gasteiger partial charge in [0.15, 0.2) is 23.3 Å². The van der Waals surface area contributed by atoms with E-state index in [1.54, 1.807) is 30.3 Å². The summed E-state index contributed by atoms with van der Waals surface area (Å²) < 4.78 is 23.8. The number of anilines is 1. The van der Waals surface area contributed by atoms with Crippen LogP contribution in [0, 0.1) is 5.82 Å². The number of nitrogens with two attached hydrogens (primary N) is 1. The normalized spacial score (nSPS) is 14.8. The highest BCUT2D eigenvalue weighted by Gasteiger charge is 2.31. The number of ether oxygens (including phenoxy) is 2. The molecule has 0 spiro atoms. The fourth-order valence-corrected chi connectivity index (χ4v) is 4.42. The molecular weight excluding hydrogens is 463 g/mol. The predicted molar refractivity (Wildman–Crippen MR) is 124 cm³/mol. The summed E-state index contributed by atoms with van der Waals surface area (Å²) in [5.41, 5.74) is 6.60. The molecule has 0 bridgehead atoms. The van der Waals surface area contributed by atoms with E-state index in [4.69, 9.17) is 15.2 Å². The van der Waals surface area contributed by atoms with Gasteiger partial charge in [-0.1, -0.05) is 30.0 Å². The van der Waals surface area contributed by atoms with E-state index in [0.29, 0.717) is 33.5 Å². The lowest BCUT2D eigenvalue weighted by Crippen LogP contribution is -2.31. The van der Waals surface area contributed by atoms with Crippen molar-refractivity contribution in [2.75, 3.05) is 19.0 Å². The van der Waals surface area contributed by atoms with Crippen LogP contribution in [0.15, 0.2) is 52.4 Å². The van der Waals surface area contributed by atoms with E-state index in [1.807, 2.05) is 0 Å². The first-order valence-corrected chi connectivity index (χ1v) is 11.2. The van der Waals surface area contributed by atoms with Crippen molar-refractivity contribution in [1.82, 2.24) is 9.97 Å². The Hall–Kier alpha value is -3.86. The molecule has 1 aliphatic rings. The zero-order chi connectivity index (χ0) is 24.2. The van der Waals surface area contributed by atoms with Gasteiger partial charge in [-0.3, -0.25) is 14.4 Å². The Morgan fingerprint density at radius 3 is 2.68 bits per heavy atom. The molecule has 176 valence electrons. The molecule has 0 fully saturated rings. The fraction of sp³-hybridized carbons (Fsp3) is 0.217. The van der Waals surface area contributed by atoms with Gasteiger partial charge in [0.1, 0.15) is 11.6 Å². The van der Waals surface area contributed by atoms with Gasteiger partial charge in [0.05, 0.1) is 12.7 Å². The Morgan fingerprint density at radius 1 is 1.21 bits per heavy atom. The number of carbonyl (C=O) groups excluding carboxylic acids is 2. The molecule has 0 radical (unpaired) electrons. The minimum Gasteiger partial charge on any atom is -0.493 e. The molecule has 4 rings (SSSR count). The highest BCUT2D eigenvalue weighted by molar-refractivity contribution is 7.98. The van der Waals surface area contributed by atoms with Crippen molar-refractivity contribution in [2.24, 2.45) is 5.73 Å². The van der Waals surface area contributed by atoms with Gasteiger partial charge in [-0.05, 0) is 35.4 Å². The smallest absolute Gasteiger partial charge is 0.257 e. The second-order valence-corrected chi connectivity index (χ2v) is 8.48. The van der Waals surface area contributed by atoms with Crippen LogP contribution < -0.4 is 26.1 Å². The molecule has 0 saturated heterocycles. The number of methoxy groups -OCH3 is 1. The van der Waals surface area contributed by atoms with Crippen LogP contribution in [0.2, 0.25) is 0 Å². The molecule has 34 heavy (non-hydrogen) atoms. The number of halogens is 1. The molecule has 1 atom stereocenters. The molecule has 0 saturated carbocycles. The lowest BCUT2D eigenvalue weighted by molar-refractivity contribution is -0.120. The molecule has 1 aliphatic heterocycles. The number of nitrogens with zero attached hydrogens (tertiary/aromatic N) is 1. The number of aromatic amines is 1. The molecule has 11 heteroatoms. The highest BCUT2D eigenvalue weighted by atomic mass is 32.2. The van der Waals surface area contributed by atoms with Crippen LogP contribution in [-0.4, -0.2) is 35.5 Å². The first kappa shape index (κ1) is 23.3. The number of hydrogen-bond acceptors (Lipinski definition) is 7. The van der Waals surface area contributed by atoms with Crippen molar-refractivity contribution in [1.29, 1.82) is 0 Å². The minimum absolute atomic E-state index is 0.0461. The lowest BCUT2D eigenvalue weighted by Gasteiger charge is -2.25. The van der Waals surface area contributed by atoms with E-state index in [2.05, 4.69) is 15.3 Å². The van der Waals surface area contributed by atoms with Gasteiger partial charge in [0, 0.05) is 18.1 Å². The largest absolute Gasteiger partial charge is 0.493 e. The maximum atomic E-state index is 13.1. The number of fused-ring (bicyclic) bond motifs is 1. The van der Waals surface area contributed by atoms with Crippen molar-refractivity contribution in [3.05, 3.63) is 75.3 Å². The first-order valence-electron chi connectivity index (χ1n) is 10.2.